The number of benzene rings is 1. The van der Waals surface area contributed by atoms with Gasteiger partial charge < -0.3 is 15.5 Å². The number of amides is 1. The number of carboxylic acid groups (broad SMARTS) is 2. The normalized spacial score (nSPS) is 19.0. The van der Waals surface area contributed by atoms with Crippen LogP contribution in [0.5, 0.6) is 0 Å². The maximum absolute atomic E-state index is 14.2. The van der Waals surface area contributed by atoms with Crippen molar-refractivity contribution in [2.45, 2.75) is 43.0 Å². The maximum atomic E-state index is 14.2. The zero-order valence-electron chi connectivity index (χ0n) is 17.8. The van der Waals surface area contributed by atoms with Crippen LogP contribution in [0.2, 0.25) is 5.02 Å². The van der Waals surface area contributed by atoms with E-state index in [9.17, 15) is 27.2 Å². The van der Waals surface area contributed by atoms with E-state index >= 15 is 0 Å². The average Bonchev–Trinajstić information content (AvgIpc) is 2.75. The molecule has 0 unspecified atom stereocenters. The minimum absolute atomic E-state index is 0.0420. The monoisotopic (exact) mass is 519 g/mol. The first-order valence-corrected chi connectivity index (χ1v) is 12.1. The second-order valence-electron chi connectivity index (χ2n) is 7.85. The number of halogens is 2. The number of carbonyl (C=O) groups excluding carboxylic acids is 1. The van der Waals surface area contributed by atoms with Gasteiger partial charge in [0.15, 0.2) is 0 Å². The molecule has 0 saturated heterocycles. The van der Waals surface area contributed by atoms with E-state index in [0.29, 0.717) is 37.8 Å². The molecule has 1 aromatic rings. The summed E-state index contributed by atoms with van der Waals surface area (Å²) >= 11 is 5.65. The number of aromatic carboxylic acids is 1. The van der Waals surface area contributed by atoms with Crippen LogP contribution >= 0.6 is 11.6 Å². The Kier molecular flexibility index (Phi) is 9.62. The van der Waals surface area contributed by atoms with Crippen LogP contribution in [0, 0.1) is 17.7 Å². The van der Waals surface area contributed by atoms with Crippen molar-refractivity contribution < 1.29 is 37.4 Å². The van der Waals surface area contributed by atoms with Crippen LogP contribution in [-0.2, 0) is 19.6 Å². The third kappa shape index (κ3) is 7.55. The van der Waals surface area contributed by atoms with Crippen molar-refractivity contribution >= 4 is 39.5 Å². The highest BCUT2D eigenvalue weighted by Gasteiger charge is 2.30. The SMILES string of the molecule is [N-]=[N+]=NC[C@H](CC(=O)O)NC(=O)C1CCC(CNS(=O)(=O)c2cc(C(=O)O)c(Cl)cc2F)CC1. The lowest BCUT2D eigenvalue weighted by Crippen LogP contribution is -2.43. The highest BCUT2D eigenvalue weighted by Crippen LogP contribution is 2.29. The molecule has 0 spiro atoms. The quantitative estimate of drug-likeness (QED) is 0.195. The Bertz CT molecular complexity index is 1100. The fraction of sp³-hybridized carbons (Fsp3) is 0.526. The minimum atomic E-state index is -4.35. The molecule has 4 N–H and O–H groups in total. The second-order valence-corrected chi connectivity index (χ2v) is 10.00. The van der Waals surface area contributed by atoms with Crippen LogP contribution < -0.4 is 10.0 Å². The fourth-order valence-electron chi connectivity index (χ4n) is 3.66. The predicted molar refractivity (Wildman–Crippen MR) is 117 cm³/mol. The molecule has 0 bridgehead atoms. The molecule has 34 heavy (non-hydrogen) atoms. The van der Waals surface area contributed by atoms with E-state index in [2.05, 4.69) is 20.1 Å². The molecule has 2 rings (SSSR count). The van der Waals surface area contributed by atoms with E-state index < -0.39 is 61.6 Å². The lowest BCUT2D eigenvalue weighted by molar-refractivity contribution is -0.137. The van der Waals surface area contributed by atoms with Gasteiger partial charge >= 0.3 is 11.9 Å². The molecule has 0 aromatic heterocycles. The van der Waals surface area contributed by atoms with Crippen molar-refractivity contribution in [2.24, 2.45) is 17.0 Å². The number of azide groups is 1. The lowest BCUT2D eigenvalue weighted by Gasteiger charge is -2.29. The lowest BCUT2D eigenvalue weighted by atomic mass is 9.81. The first-order chi connectivity index (χ1) is 15.9. The Hall–Kier alpha value is -2.93. The van der Waals surface area contributed by atoms with Gasteiger partial charge in [-0.25, -0.2) is 22.3 Å². The summed E-state index contributed by atoms with van der Waals surface area (Å²) in [7, 11) is -4.35. The molecule has 15 heteroatoms. The standard InChI is InChI=1S/C19H23ClFN5O7S/c20-14-7-15(21)16(6-13(14)19(30)31)34(32,33)24-8-10-1-3-11(4-2-10)18(29)25-12(5-17(27)28)9-23-26-22/h6-7,10-12,24H,1-5,8-9H2,(H,25,29)(H,27,28)(H,30,31)/t10?,11?,12-/m0/s1. The van der Waals surface area contributed by atoms with Crippen LogP contribution in [0.1, 0.15) is 42.5 Å². The van der Waals surface area contributed by atoms with Gasteiger partial charge in [0, 0.05) is 30.0 Å². The number of nitrogens with one attached hydrogen (secondary N) is 2. The van der Waals surface area contributed by atoms with Crippen molar-refractivity contribution in [3.05, 3.63) is 39.0 Å². The Morgan fingerprint density at radius 1 is 1.24 bits per heavy atom. The van der Waals surface area contributed by atoms with E-state index in [1.807, 2.05) is 0 Å². The molecular weight excluding hydrogens is 497 g/mol. The van der Waals surface area contributed by atoms with Crippen molar-refractivity contribution in [3.8, 4) is 0 Å². The van der Waals surface area contributed by atoms with Gasteiger partial charge in [-0.15, -0.1) is 0 Å². The fourth-order valence-corrected chi connectivity index (χ4v) is 5.09. The zero-order valence-corrected chi connectivity index (χ0v) is 19.4. The number of carboxylic acids is 2. The molecule has 1 aromatic carbocycles. The second kappa shape index (κ2) is 12.0. The number of hydrogen-bond donors (Lipinski definition) is 4. The molecule has 12 nitrogen and oxygen atoms in total. The first-order valence-electron chi connectivity index (χ1n) is 10.2. The van der Waals surface area contributed by atoms with E-state index in [1.165, 1.54) is 0 Å². The third-order valence-corrected chi connectivity index (χ3v) is 7.21. The number of sulfonamides is 1. The van der Waals surface area contributed by atoms with Crippen molar-refractivity contribution in [2.75, 3.05) is 13.1 Å². The van der Waals surface area contributed by atoms with Crippen LogP contribution in [0.25, 0.3) is 10.4 Å². The maximum Gasteiger partial charge on any atom is 0.337 e. The molecule has 1 amide bonds. The highest BCUT2D eigenvalue weighted by atomic mass is 35.5. The molecule has 1 aliphatic rings. The van der Waals surface area contributed by atoms with Gasteiger partial charge in [0.2, 0.25) is 15.9 Å². The van der Waals surface area contributed by atoms with Gasteiger partial charge in [0.25, 0.3) is 0 Å². The smallest absolute Gasteiger partial charge is 0.337 e. The molecule has 1 fully saturated rings. The Morgan fingerprint density at radius 2 is 1.88 bits per heavy atom. The summed E-state index contributed by atoms with van der Waals surface area (Å²) in [6.07, 6.45) is 1.39. The third-order valence-electron chi connectivity index (χ3n) is 5.45. The summed E-state index contributed by atoms with van der Waals surface area (Å²) in [5.74, 6) is -4.76. The average molecular weight is 520 g/mol. The van der Waals surface area contributed by atoms with Gasteiger partial charge in [-0.3, -0.25) is 9.59 Å². The van der Waals surface area contributed by atoms with E-state index in [0.717, 1.165) is 0 Å². The molecule has 0 heterocycles. The first kappa shape index (κ1) is 27.3. The van der Waals surface area contributed by atoms with Crippen LogP contribution in [0.3, 0.4) is 0 Å². The van der Waals surface area contributed by atoms with Crippen LogP contribution in [0.15, 0.2) is 22.1 Å². The summed E-state index contributed by atoms with van der Waals surface area (Å²) in [5.41, 5.74) is 7.86. The Balaban J connectivity index is 1.93. The molecule has 1 saturated carbocycles. The van der Waals surface area contributed by atoms with Crippen LogP contribution in [0.4, 0.5) is 4.39 Å². The number of carbonyl (C=O) groups is 3. The summed E-state index contributed by atoms with van der Waals surface area (Å²) < 4.78 is 41.5. The van der Waals surface area contributed by atoms with Crippen molar-refractivity contribution in [1.29, 1.82) is 0 Å². The summed E-state index contributed by atoms with van der Waals surface area (Å²) in [4.78, 5) is 36.3. The summed E-state index contributed by atoms with van der Waals surface area (Å²) in [5, 5.41) is 23.5. The molecule has 1 aliphatic carbocycles. The van der Waals surface area contributed by atoms with Gasteiger partial charge in [-0.1, -0.05) is 16.7 Å². The van der Waals surface area contributed by atoms with Gasteiger partial charge in [-0.2, -0.15) is 0 Å². The highest BCUT2D eigenvalue weighted by molar-refractivity contribution is 7.89. The largest absolute Gasteiger partial charge is 0.481 e. The summed E-state index contributed by atoms with van der Waals surface area (Å²) in [6, 6.07) is 0.451. The van der Waals surface area contributed by atoms with Gasteiger partial charge in [0.05, 0.1) is 17.0 Å². The summed E-state index contributed by atoms with van der Waals surface area (Å²) in [6.45, 7) is -0.240. The van der Waals surface area contributed by atoms with Crippen molar-refractivity contribution in [1.82, 2.24) is 10.0 Å². The molecular formula is C19H23ClFN5O7S. The van der Waals surface area contributed by atoms with Gasteiger partial charge in [-0.05, 0) is 49.3 Å². The number of hydrogen-bond acceptors (Lipinski definition) is 6. The molecule has 1 atom stereocenters. The minimum Gasteiger partial charge on any atom is -0.481 e. The van der Waals surface area contributed by atoms with E-state index in [4.69, 9.17) is 27.3 Å². The number of aliphatic carboxylic acids is 1. The predicted octanol–water partition coefficient (Wildman–Crippen LogP) is 2.53. The molecule has 186 valence electrons. The Labute approximate surface area is 199 Å². The topological polar surface area (TPSA) is 199 Å². The van der Waals surface area contributed by atoms with Crippen molar-refractivity contribution in [3.63, 3.8) is 0 Å². The van der Waals surface area contributed by atoms with Gasteiger partial charge in [0.1, 0.15) is 10.7 Å². The molecule has 0 radical (unpaired) electrons. The number of nitrogens with zero attached hydrogens (tertiary/aromatic N) is 3. The van der Waals surface area contributed by atoms with E-state index in [-0.39, 0.29) is 24.9 Å². The number of rotatable bonds is 11. The van der Waals surface area contributed by atoms with Crippen LogP contribution in [-0.4, -0.2) is 55.6 Å². The van der Waals surface area contributed by atoms with E-state index in [1.54, 1.807) is 0 Å². The Morgan fingerprint density at radius 3 is 2.44 bits per heavy atom. The zero-order chi connectivity index (χ0) is 25.5. The molecule has 0 aliphatic heterocycles.